The number of hydroxylamine groups is 2. The van der Waals surface area contributed by atoms with Gasteiger partial charge < -0.3 is 31.5 Å². The highest BCUT2D eigenvalue weighted by Gasteiger charge is 2.58. The summed E-state index contributed by atoms with van der Waals surface area (Å²) < 4.78 is 44.7. The highest BCUT2D eigenvalue weighted by Crippen LogP contribution is 2.33. The molecule has 0 spiro atoms. The van der Waals surface area contributed by atoms with E-state index in [-0.39, 0.29) is 17.0 Å². The highest BCUT2D eigenvalue weighted by molar-refractivity contribution is 7.80. The van der Waals surface area contributed by atoms with Gasteiger partial charge in [-0.3, -0.25) is 19.1 Å². The Morgan fingerprint density at radius 1 is 1.28 bits per heavy atom. The van der Waals surface area contributed by atoms with Gasteiger partial charge in [-0.05, 0) is 57.4 Å². The molecule has 2 atom stereocenters. The van der Waals surface area contributed by atoms with Crippen LogP contribution in [0.2, 0.25) is 0 Å². The molecule has 1 aromatic heterocycles. The van der Waals surface area contributed by atoms with Crippen molar-refractivity contribution in [1.82, 2.24) is 19.7 Å². The summed E-state index contributed by atoms with van der Waals surface area (Å²) >= 11 is 0.707. The van der Waals surface area contributed by atoms with Crippen molar-refractivity contribution in [2.24, 2.45) is 15.9 Å². The standard InChI is InChI=1S/C23H28N8O10S2/c1-23(2)16(20(33)31(23)41-43(36,37)38)27-19(32)15(18-28-22(25)42-30-18)29-40-14(21(34)35)10-39-13-8-6-11(7-9-13)17(24)26-12-4-3-5-12/h6-9,12,14,16H,3-5,10H2,1-2H3,(H2,24,26)(H,27,32)(H,34,35)(H2,25,28,30)(H,36,37,38)/b29-15-/t14-,16+/m0/s1. The fourth-order valence-corrected chi connectivity index (χ4v) is 4.77. The summed E-state index contributed by atoms with van der Waals surface area (Å²) in [6, 6.07) is 5.38. The van der Waals surface area contributed by atoms with E-state index >= 15 is 0 Å². The number of carbonyl (C=O) groups is 3. The Balaban J connectivity index is 1.44. The van der Waals surface area contributed by atoms with Gasteiger partial charge in [0.25, 0.3) is 17.9 Å². The van der Waals surface area contributed by atoms with Crippen LogP contribution in [0.5, 0.6) is 5.75 Å². The predicted octanol–water partition coefficient (Wildman–Crippen LogP) is -0.529. The van der Waals surface area contributed by atoms with Crippen molar-refractivity contribution in [3.8, 4) is 5.75 Å². The molecule has 2 heterocycles. The van der Waals surface area contributed by atoms with Crippen LogP contribution >= 0.6 is 11.5 Å². The number of benzene rings is 1. The molecule has 1 aromatic carbocycles. The molecule has 0 unspecified atom stereocenters. The van der Waals surface area contributed by atoms with Crippen LogP contribution in [0.4, 0.5) is 5.13 Å². The highest BCUT2D eigenvalue weighted by atomic mass is 32.3. The van der Waals surface area contributed by atoms with Crippen LogP contribution in [-0.2, 0) is 33.9 Å². The normalized spacial score (nSPS) is 19.7. The third-order valence-electron chi connectivity index (χ3n) is 6.48. The van der Waals surface area contributed by atoms with Gasteiger partial charge in [0, 0.05) is 17.1 Å². The molecule has 1 saturated heterocycles. The molecule has 2 aromatic rings. The minimum absolute atomic E-state index is 0.0526. The van der Waals surface area contributed by atoms with Gasteiger partial charge in [0.1, 0.15) is 24.2 Å². The number of hydrogen-bond donors (Lipinski definition) is 5. The first-order chi connectivity index (χ1) is 20.2. The minimum atomic E-state index is -5.02. The quantitative estimate of drug-likeness (QED) is 0.0605. The van der Waals surface area contributed by atoms with Crippen LogP contribution < -0.4 is 21.5 Å². The summed E-state index contributed by atoms with van der Waals surface area (Å²) in [4.78, 5) is 50.8. The minimum Gasteiger partial charge on any atom is -0.489 e. The molecular weight excluding hydrogens is 612 g/mol. The lowest BCUT2D eigenvalue weighted by Gasteiger charge is -2.50. The lowest BCUT2D eigenvalue weighted by molar-refractivity contribution is -0.218. The number of hydrogen-bond acceptors (Lipinski definition) is 14. The number of carboxylic acid groups (broad SMARTS) is 1. The number of rotatable bonds is 13. The van der Waals surface area contributed by atoms with Crippen molar-refractivity contribution in [1.29, 1.82) is 0 Å². The Labute approximate surface area is 248 Å². The number of nitrogens with two attached hydrogens (primary N) is 2. The van der Waals surface area contributed by atoms with Gasteiger partial charge in [-0.25, -0.2) is 4.79 Å². The number of oxime groups is 1. The fraction of sp³-hybridized carbons (Fsp3) is 0.435. The first-order valence-electron chi connectivity index (χ1n) is 12.6. The number of amidine groups is 1. The number of carboxylic acids is 1. The molecule has 232 valence electrons. The molecule has 2 amide bonds. The van der Waals surface area contributed by atoms with Crippen LogP contribution in [0.25, 0.3) is 0 Å². The SMILES string of the molecule is CC1(C)[C@H](NC(=O)/C(=N\O[C@@H](COc2ccc(C(N)=NC3CCC3)cc2)C(=O)O)c2nsc(N)n2)C(=O)N1OS(=O)(=O)O. The van der Waals surface area contributed by atoms with Gasteiger partial charge in [0.2, 0.25) is 11.5 Å². The maximum absolute atomic E-state index is 13.1. The molecule has 4 rings (SSSR count). The topological polar surface area (TPSA) is 271 Å². The lowest BCUT2D eigenvalue weighted by atomic mass is 9.84. The number of aliphatic imine (C=N–C) groups is 1. The van der Waals surface area contributed by atoms with Crippen molar-refractivity contribution in [3.63, 3.8) is 0 Å². The monoisotopic (exact) mass is 640 g/mol. The number of aromatic nitrogens is 2. The molecule has 18 nitrogen and oxygen atoms in total. The first kappa shape index (κ1) is 31.5. The number of amides is 2. The number of carbonyl (C=O) groups excluding carboxylic acids is 2. The zero-order valence-corrected chi connectivity index (χ0v) is 24.4. The summed E-state index contributed by atoms with van der Waals surface area (Å²) in [5.74, 6) is -3.22. The second kappa shape index (κ2) is 12.5. The van der Waals surface area contributed by atoms with Crippen LogP contribution in [0, 0.1) is 0 Å². The van der Waals surface area contributed by atoms with E-state index < -0.39 is 58.2 Å². The Bertz CT molecular complexity index is 1550. The van der Waals surface area contributed by atoms with E-state index in [9.17, 15) is 27.9 Å². The largest absolute Gasteiger partial charge is 0.489 e. The number of nitrogens with zero attached hydrogens (tertiary/aromatic N) is 5. The van der Waals surface area contributed by atoms with Crippen molar-refractivity contribution in [3.05, 3.63) is 35.7 Å². The number of β-lactam (4-membered cyclic amide) rings is 1. The summed E-state index contributed by atoms with van der Waals surface area (Å²) in [6.45, 7) is 2.16. The number of aliphatic carboxylic acids is 1. The van der Waals surface area contributed by atoms with Gasteiger partial charge >= 0.3 is 16.4 Å². The Hall–Kier alpha value is -4.40. The van der Waals surface area contributed by atoms with Gasteiger partial charge in [0.05, 0.1) is 11.6 Å². The lowest BCUT2D eigenvalue weighted by Crippen LogP contribution is -2.76. The Morgan fingerprint density at radius 3 is 2.47 bits per heavy atom. The van der Waals surface area contributed by atoms with Gasteiger partial charge in [-0.2, -0.15) is 22.8 Å². The fourth-order valence-electron chi connectivity index (χ4n) is 3.88. The number of anilines is 1. The van der Waals surface area contributed by atoms with E-state index in [0.717, 1.165) is 19.3 Å². The molecule has 1 aliphatic carbocycles. The molecule has 2 aliphatic rings. The molecule has 0 radical (unpaired) electrons. The zero-order valence-electron chi connectivity index (χ0n) is 22.7. The van der Waals surface area contributed by atoms with Crippen LogP contribution in [0.3, 0.4) is 0 Å². The second-order valence-electron chi connectivity index (χ2n) is 9.96. The second-order valence-corrected chi connectivity index (χ2v) is 11.7. The molecule has 20 heteroatoms. The van der Waals surface area contributed by atoms with Crippen LogP contribution in [-0.4, -0.2) is 92.2 Å². The average molecular weight is 641 g/mol. The molecule has 2 fully saturated rings. The van der Waals surface area contributed by atoms with Gasteiger partial charge in [0.15, 0.2) is 5.13 Å². The van der Waals surface area contributed by atoms with E-state index in [0.29, 0.717) is 33.7 Å². The summed E-state index contributed by atoms with van der Waals surface area (Å²) in [5.41, 5.74) is 10.3. The number of nitrogen functional groups attached to an aromatic ring is 1. The van der Waals surface area contributed by atoms with E-state index in [1.54, 1.807) is 24.3 Å². The van der Waals surface area contributed by atoms with E-state index in [1.807, 2.05) is 0 Å². The van der Waals surface area contributed by atoms with E-state index in [2.05, 4.69) is 29.1 Å². The molecule has 1 aliphatic heterocycles. The molecular formula is C23H28N8O10S2. The Kier molecular flexibility index (Phi) is 9.13. The number of ether oxygens (including phenoxy) is 1. The third-order valence-corrected chi connectivity index (χ3v) is 7.36. The molecule has 1 saturated carbocycles. The zero-order chi connectivity index (χ0) is 31.5. The van der Waals surface area contributed by atoms with Crippen LogP contribution in [0.1, 0.15) is 44.5 Å². The van der Waals surface area contributed by atoms with Crippen molar-refractivity contribution < 1.29 is 46.3 Å². The maximum Gasteiger partial charge on any atom is 0.418 e. The predicted molar refractivity (Wildman–Crippen MR) is 149 cm³/mol. The maximum atomic E-state index is 13.1. The number of nitrogens with one attached hydrogen (secondary N) is 1. The summed E-state index contributed by atoms with van der Waals surface area (Å²) in [5, 5.41) is 15.9. The average Bonchev–Trinajstić information content (AvgIpc) is 3.34. The molecule has 0 bridgehead atoms. The van der Waals surface area contributed by atoms with Gasteiger partial charge in [-0.15, -0.1) is 4.28 Å². The van der Waals surface area contributed by atoms with Crippen LogP contribution in [0.15, 0.2) is 34.4 Å². The van der Waals surface area contributed by atoms with E-state index in [4.69, 9.17) is 25.6 Å². The van der Waals surface area contributed by atoms with Crippen molar-refractivity contribution >= 4 is 56.4 Å². The van der Waals surface area contributed by atoms with E-state index in [1.165, 1.54) is 13.8 Å². The molecule has 7 N–H and O–H groups in total. The first-order valence-corrected chi connectivity index (χ1v) is 14.7. The van der Waals surface area contributed by atoms with Crippen molar-refractivity contribution in [2.45, 2.75) is 56.8 Å². The summed E-state index contributed by atoms with van der Waals surface area (Å²) in [6.07, 6.45) is 1.41. The Morgan fingerprint density at radius 2 is 1.95 bits per heavy atom. The third kappa shape index (κ3) is 7.52. The molecule has 43 heavy (non-hydrogen) atoms. The van der Waals surface area contributed by atoms with Gasteiger partial charge in [-0.1, -0.05) is 5.16 Å². The smallest absolute Gasteiger partial charge is 0.418 e. The summed E-state index contributed by atoms with van der Waals surface area (Å²) in [7, 11) is -5.02. The van der Waals surface area contributed by atoms with Crippen molar-refractivity contribution in [2.75, 3.05) is 12.3 Å².